The monoisotopic (exact) mass is 452 g/mol. The lowest BCUT2D eigenvalue weighted by Gasteiger charge is -2.24. The zero-order valence-corrected chi connectivity index (χ0v) is 17.7. The molecular formula is C20H22BrFN2O2S. The van der Waals surface area contributed by atoms with Crippen LogP contribution in [0.2, 0.25) is 0 Å². The average molecular weight is 453 g/mol. The second-order valence-electron chi connectivity index (χ2n) is 6.72. The van der Waals surface area contributed by atoms with Crippen molar-refractivity contribution in [1.82, 2.24) is 0 Å². The Kier molecular flexibility index (Phi) is 5.84. The zero-order valence-electron chi connectivity index (χ0n) is 15.3. The normalized spacial score (nSPS) is 21.7. The van der Waals surface area contributed by atoms with Crippen LogP contribution in [0.5, 0.6) is 5.75 Å². The molecule has 1 unspecified atom stereocenters. The molecular weight excluding hydrogens is 431 g/mol. The first-order valence-corrected chi connectivity index (χ1v) is 9.69. The van der Waals surface area contributed by atoms with Crippen molar-refractivity contribution in [3.8, 4) is 5.75 Å². The van der Waals surface area contributed by atoms with Crippen molar-refractivity contribution in [2.45, 2.75) is 19.1 Å². The van der Waals surface area contributed by atoms with Crippen molar-refractivity contribution in [1.29, 1.82) is 0 Å². The van der Waals surface area contributed by atoms with Crippen molar-refractivity contribution in [2.24, 2.45) is 0 Å². The van der Waals surface area contributed by atoms with Crippen LogP contribution >= 0.6 is 11.8 Å². The fourth-order valence-electron chi connectivity index (χ4n) is 3.68. The van der Waals surface area contributed by atoms with Gasteiger partial charge >= 0.3 is 5.17 Å². The van der Waals surface area contributed by atoms with E-state index in [9.17, 15) is 9.50 Å². The maximum absolute atomic E-state index is 14.8. The Balaban J connectivity index is 0.00000210. The van der Waals surface area contributed by atoms with Crippen molar-refractivity contribution >= 4 is 22.6 Å². The van der Waals surface area contributed by atoms with Crippen molar-refractivity contribution in [3.63, 3.8) is 0 Å². The SMILES string of the molecule is COc1ccc(C2(O)CN(c3cccc(C)c3)C3=[N+]2CCCS3)c(F)c1.[Br-]. The van der Waals surface area contributed by atoms with Crippen LogP contribution in [0, 0.1) is 12.7 Å². The highest BCUT2D eigenvalue weighted by Gasteiger charge is 2.54. The summed E-state index contributed by atoms with van der Waals surface area (Å²) in [7, 11) is 1.51. The number of halogens is 2. The number of benzene rings is 2. The van der Waals surface area contributed by atoms with Crippen molar-refractivity contribution < 1.29 is 35.8 Å². The molecule has 0 fully saturated rings. The molecule has 4 rings (SSSR count). The molecule has 4 nitrogen and oxygen atoms in total. The molecule has 0 aromatic heterocycles. The third kappa shape index (κ3) is 3.48. The number of hydrogen-bond acceptors (Lipinski definition) is 4. The minimum absolute atomic E-state index is 0. The summed E-state index contributed by atoms with van der Waals surface area (Å²) in [5.74, 6) is 0.989. The van der Waals surface area contributed by atoms with Crippen LogP contribution in [-0.2, 0) is 5.72 Å². The molecule has 144 valence electrons. The van der Waals surface area contributed by atoms with Crippen LogP contribution in [0.15, 0.2) is 42.5 Å². The van der Waals surface area contributed by atoms with Crippen LogP contribution in [0.25, 0.3) is 0 Å². The van der Waals surface area contributed by atoms with E-state index in [0.29, 0.717) is 18.8 Å². The van der Waals surface area contributed by atoms with Gasteiger partial charge in [-0.05, 0) is 54.9 Å². The maximum atomic E-state index is 14.8. The van der Waals surface area contributed by atoms with Gasteiger partial charge in [0.05, 0.1) is 19.2 Å². The van der Waals surface area contributed by atoms with Gasteiger partial charge in [-0.15, -0.1) is 0 Å². The van der Waals surface area contributed by atoms with Gasteiger partial charge in [0.15, 0.2) is 6.54 Å². The Labute approximate surface area is 173 Å². The number of aliphatic hydroxyl groups is 1. The van der Waals surface area contributed by atoms with Gasteiger partial charge in [0.1, 0.15) is 17.3 Å². The second-order valence-corrected chi connectivity index (χ2v) is 7.79. The number of β-amino-alcohol motifs (C(OH)–C–C–N with tert-alkyl or cyclic N) is 1. The van der Waals surface area contributed by atoms with Gasteiger partial charge < -0.3 is 26.8 Å². The van der Waals surface area contributed by atoms with Gasteiger partial charge in [-0.3, -0.25) is 0 Å². The maximum Gasteiger partial charge on any atom is 0.316 e. The molecule has 0 saturated carbocycles. The molecule has 2 aliphatic rings. The number of methoxy groups -OCH3 is 1. The van der Waals surface area contributed by atoms with E-state index < -0.39 is 11.5 Å². The highest BCUT2D eigenvalue weighted by atomic mass is 79.9. The van der Waals surface area contributed by atoms with E-state index in [1.807, 2.05) is 29.7 Å². The van der Waals surface area contributed by atoms with E-state index in [1.165, 1.54) is 13.2 Å². The van der Waals surface area contributed by atoms with Crippen LogP contribution in [0.3, 0.4) is 0 Å². The van der Waals surface area contributed by atoms with E-state index in [-0.39, 0.29) is 22.5 Å². The number of amidine groups is 1. The smallest absolute Gasteiger partial charge is 0.316 e. The summed E-state index contributed by atoms with van der Waals surface area (Å²) in [4.78, 5) is 2.10. The first-order valence-electron chi connectivity index (χ1n) is 8.71. The molecule has 2 aromatic carbocycles. The van der Waals surface area contributed by atoms with Gasteiger partial charge in [0.2, 0.25) is 0 Å². The largest absolute Gasteiger partial charge is 1.00 e. The third-order valence-corrected chi connectivity index (χ3v) is 6.16. The summed E-state index contributed by atoms with van der Waals surface area (Å²) < 4.78 is 21.8. The molecule has 1 atom stereocenters. The highest BCUT2D eigenvalue weighted by Crippen LogP contribution is 2.39. The molecule has 7 heteroatoms. The van der Waals surface area contributed by atoms with Gasteiger partial charge in [0.25, 0.3) is 5.72 Å². The van der Waals surface area contributed by atoms with E-state index in [0.717, 1.165) is 28.6 Å². The van der Waals surface area contributed by atoms with Gasteiger partial charge in [0, 0.05) is 11.8 Å². The zero-order chi connectivity index (χ0) is 18.3. The van der Waals surface area contributed by atoms with Gasteiger partial charge in [-0.1, -0.05) is 12.1 Å². The standard InChI is InChI=1S/C20H22FN2O2S.BrH/c1-14-5-3-6-15(11-14)22-13-20(24,23-9-4-10-26-19(22)23)17-8-7-16(25-2)12-18(17)21;/h3,5-8,11-12,24H,4,9-10,13H2,1-2H3;1H/q+1;/p-1. The third-order valence-electron chi connectivity index (χ3n) is 4.97. The lowest BCUT2D eigenvalue weighted by Crippen LogP contribution is -3.00. The van der Waals surface area contributed by atoms with Gasteiger partial charge in [-0.2, -0.15) is 0 Å². The fraction of sp³-hybridized carbons (Fsp3) is 0.350. The predicted molar refractivity (Wildman–Crippen MR) is 103 cm³/mol. The topological polar surface area (TPSA) is 35.7 Å². The Hall–Kier alpha value is -1.57. The highest BCUT2D eigenvalue weighted by molar-refractivity contribution is 8.13. The first kappa shape index (κ1) is 20.2. The summed E-state index contributed by atoms with van der Waals surface area (Å²) in [5, 5.41) is 12.6. The summed E-state index contributed by atoms with van der Waals surface area (Å²) in [6, 6.07) is 12.8. The van der Waals surface area contributed by atoms with Gasteiger partial charge in [-0.25, -0.2) is 13.9 Å². The number of anilines is 1. The number of hydrogen-bond donors (Lipinski definition) is 1. The van der Waals surface area contributed by atoms with E-state index >= 15 is 0 Å². The van der Waals surface area contributed by atoms with Crippen LogP contribution in [0.4, 0.5) is 10.1 Å². The molecule has 0 amide bonds. The Morgan fingerprint density at radius 2 is 2.07 bits per heavy atom. The predicted octanol–water partition coefficient (Wildman–Crippen LogP) is 0.317. The second kappa shape index (κ2) is 7.81. The molecule has 0 spiro atoms. The lowest BCUT2D eigenvalue weighted by molar-refractivity contribution is -0.657. The van der Waals surface area contributed by atoms with Crippen molar-refractivity contribution in [2.75, 3.05) is 30.9 Å². The summed E-state index contributed by atoms with van der Waals surface area (Å²) >= 11 is 1.71. The molecule has 2 aliphatic heterocycles. The number of thioether (sulfide) groups is 1. The Morgan fingerprint density at radius 1 is 1.26 bits per heavy atom. The molecule has 0 aliphatic carbocycles. The van der Waals surface area contributed by atoms with Crippen LogP contribution in [-0.4, -0.2) is 40.8 Å². The summed E-state index contributed by atoms with van der Waals surface area (Å²) in [6.45, 7) is 3.04. The van der Waals surface area contributed by atoms with E-state index in [2.05, 4.69) is 11.0 Å². The lowest BCUT2D eigenvalue weighted by atomic mass is 10.0. The fourth-order valence-corrected chi connectivity index (χ4v) is 4.86. The Bertz CT molecular complexity index is 892. The minimum atomic E-state index is -1.40. The molecule has 1 N–H and O–H groups in total. The van der Waals surface area contributed by atoms with E-state index in [4.69, 9.17) is 4.74 Å². The Morgan fingerprint density at radius 3 is 2.78 bits per heavy atom. The van der Waals surface area contributed by atoms with E-state index in [1.54, 1.807) is 23.9 Å². The van der Waals surface area contributed by atoms with Crippen LogP contribution < -0.4 is 26.6 Å². The average Bonchev–Trinajstić information content (AvgIpc) is 2.96. The minimum Gasteiger partial charge on any atom is -1.00 e. The molecule has 0 saturated heterocycles. The molecule has 2 heterocycles. The summed E-state index contributed by atoms with van der Waals surface area (Å²) in [5.41, 5.74) is 1.06. The molecule has 2 aromatic rings. The molecule has 27 heavy (non-hydrogen) atoms. The number of aryl methyl sites for hydroxylation is 1. The molecule has 0 bridgehead atoms. The quantitative estimate of drug-likeness (QED) is 0.680. The number of rotatable bonds is 3. The number of ether oxygens (including phenoxy) is 1. The number of nitrogens with zero attached hydrogens (tertiary/aromatic N) is 2. The summed E-state index contributed by atoms with van der Waals surface area (Å²) in [6.07, 6.45) is 0.954. The molecule has 0 radical (unpaired) electrons. The van der Waals surface area contributed by atoms with Crippen molar-refractivity contribution in [3.05, 3.63) is 59.4 Å². The van der Waals surface area contributed by atoms with Crippen LogP contribution in [0.1, 0.15) is 17.5 Å². The first-order chi connectivity index (χ1) is 12.5.